The van der Waals surface area contributed by atoms with Crippen LogP contribution in [-0.2, 0) is 0 Å². The van der Waals surface area contributed by atoms with E-state index in [1.54, 1.807) is 0 Å². The second-order valence-corrected chi connectivity index (χ2v) is 4.47. The van der Waals surface area contributed by atoms with Gasteiger partial charge in [-0.15, -0.1) is 0 Å². The molecule has 0 amide bonds. The second-order valence-electron chi connectivity index (χ2n) is 4.47. The van der Waals surface area contributed by atoms with Crippen LogP contribution >= 0.6 is 0 Å². The molecule has 3 aromatic rings. The minimum absolute atomic E-state index is 0. The van der Waals surface area contributed by atoms with E-state index in [9.17, 15) is 0 Å². The summed E-state index contributed by atoms with van der Waals surface area (Å²) in [6.45, 7) is 0. The summed E-state index contributed by atoms with van der Waals surface area (Å²) in [6, 6.07) is 31.6. The van der Waals surface area contributed by atoms with E-state index in [4.69, 9.17) is 0 Å². The van der Waals surface area contributed by atoms with E-state index < -0.39 is 0 Å². The van der Waals surface area contributed by atoms with E-state index in [1.807, 2.05) is 0 Å². The monoisotopic (exact) mass is 282 g/mol. The van der Waals surface area contributed by atoms with Crippen LogP contribution in [-0.4, -0.2) is 0 Å². The summed E-state index contributed by atoms with van der Waals surface area (Å²) in [5.74, 6) is 1.28. The summed E-state index contributed by atoms with van der Waals surface area (Å²) in [5.41, 5.74) is 3.75. The van der Waals surface area contributed by atoms with Gasteiger partial charge >= 0.3 is 51.4 Å². The fourth-order valence-electron chi connectivity index (χ4n) is 2.31. The molecule has 0 spiro atoms. The zero-order valence-electron chi connectivity index (χ0n) is 11.7. The van der Waals surface area contributed by atoms with Crippen molar-refractivity contribution in [1.29, 1.82) is 0 Å². The molecule has 0 saturated heterocycles. The average Bonchev–Trinajstić information content (AvgIpc) is 2.51. The Morgan fingerprint density at radius 3 is 0.900 bits per heavy atom. The molecule has 0 aromatic heterocycles. The molecule has 0 atom stereocenters. The van der Waals surface area contributed by atoms with Crippen molar-refractivity contribution >= 4 is 0 Å². The van der Waals surface area contributed by atoms with Crippen molar-refractivity contribution in [3.05, 3.63) is 114 Å². The van der Waals surface area contributed by atoms with Gasteiger partial charge in [0.25, 0.3) is 0 Å². The fourth-order valence-corrected chi connectivity index (χ4v) is 2.31. The molecule has 0 radical (unpaired) electrons. The fraction of sp³-hybridized carbons (Fsp3) is 0. The molecular formula is C19H15K. The molecule has 3 aromatic carbocycles. The third kappa shape index (κ3) is 3.63. The van der Waals surface area contributed by atoms with Crippen molar-refractivity contribution in [1.82, 2.24) is 0 Å². The van der Waals surface area contributed by atoms with Crippen LogP contribution in [0, 0.1) is 5.92 Å². The minimum atomic E-state index is 0. The van der Waals surface area contributed by atoms with Crippen molar-refractivity contribution < 1.29 is 51.4 Å². The zero-order chi connectivity index (χ0) is 12.9. The third-order valence-corrected chi connectivity index (χ3v) is 3.19. The van der Waals surface area contributed by atoms with E-state index >= 15 is 0 Å². The van der Waals surface area contributed by atoms with E-state index in [0.29, 0.717) is 0 Å². The summed E-state index contributed by atoms with van der Waals surface area (Å²) in [7, 11) is 0. The number of hydrogen-bond donors (Lipinski definition) is 0. The molecule has 0 heterocycles. The van der Waals surface area contributed by atoms with Gasteiger partial charge in [-0.25, -0.2) is 0 Å². The largest absolute Gasteiger partial charge is 1.00 e. The molecule has 20 heavy (non-hydrogen) atoms. The second kappa shape index (κ2) is 7.82. The Morgan fingerprint density at radius 1 is 0.400 bits per heavy atom. The Bertz CT molecular complexity index is 524. The van der Waals surface area contributed by atoms with Crippen LogP contribution in [0.25, 0.3) is 0 Å². The van der Waals surface area contributed by atoms with Crippen molar-refractivity contribution in [2.75, 3.05) is 0 Å². The molecule has 0 unspecified atom stereocenters. The minimum Gasteiger partial charge on any atom is -0.0999 e. The Labute approximate surface area is 163 Å². The molecule has 3 rings (SSSR count). The first kappa shape index (κ1) is 15.6. The van der Waals surface area contributed by atoms with Gasteiger partial charge in [0.15, 0.2) is 0 Å². The Hall–Kier alpha value is -0.834. The topological polar surface area (TPSA) is 0 Å². The van der Waals surface area contributed by atoms with Gasteiger partial charge in [-0.3, -0.25) is 0 Å². The van der Waals surface area contributed by atoms with Crippen LogP contribution in [0.3, 0.4) is 0 Å². The van der Waals surface area contributed by atoms with E-state index in [0.717, 1.165) is 0 Å². The van der Waals surface area contributed by atoms with Crippen LogP contribution < -0.4 is 51.4 Å². The van der Waals surface area contributed by atoms with Gasteiger partial charge in [-0.1, -0.05) is 114 Å². The molecule has 0 saturated carbocycles. The van der Waals surface area contributed by atoms with Gasteiger partial charge in [0.05, 0.1) is 0 Å². The molecule has 92 valence electrons. The standard InChI is InChI=1S/C19H15.K/c1-4-10-16(11-5-1)19(17-12-6-2-7-13-17)18-14-8-3-9-15-18;/h1-15H;/q-1;+1. The van der Waals surface area contributed by atoms with Gasteiger partial charge in [0.2, 0.25) is 0 Å². The zero-order valence-corrected chi connectivity index (χ0v) is 14.8. The van der Waals surface area contributed by atoms with Crippen LogP contribution in [0.4, 0.5) is 0 Å². The van der Waals surface area contributed by atoms with Crippen molar-refractivity contribution in [2.45, 2.75) is 0 Å². The van der Waals surface area contributed by atoms with Crippen LogP contribution in [0.1, 0.15) is 16.7 Å². The molecule has 0 aliphatic carbocycles. The maximum absolute atomic E-state index is 2.16. The van der Waals surface area contributed by atoms with Crippen LogP contribution in [0.2, 0.25) is 0 Å². The van der Waals surface area contributed by atoms with Gasteiger partial charge in [-0.2, -0.15) is 0 Å². The van der Waals surface area contributed by atoms with Gasteiger partial charge in [0, 0.05) is 0 Å². The third-order valence-electron chi connectivity index (χ3n) is 3.19. The van der Waals surface area contributed by atoms with Gasteiger partial charge in [0.1, 0.15) is 0 Å². The maximum atomic E-state index is 2.16. The van der Waals surface area contributed by atoms with Crippen molar-refractivity contribution in [3.63, 3.8) is 0 Å². The maximum Gasteiger partial charge on any atom is 1.00 e. The Kier molecular flexibility index (Phi) is 6.08. The molecule has 0 N–H and O–H groups in total. The SMILES string of the molecule is [K+].c1ccc([C-](c2ccccc2)c2ccccc2)cc1. The van der Waals surface area contributed by atoms with Gasteiger partial charge < -0.3 is 0 Å². The molecule has 0 aliphatic heterocycles. The summed E-state index contributed by atoms with van der Waals surface area (Å²) in [6.07, 6.45) is 0. The van der Waals surface area contributed by atoms with Crippen molar-refractivity contribution in [3.8, 4) is 0 Å². The quantitative estimate of drug-likeness (QED) is 0.390. The predicted octanol–water partition coefficient (Wildman–Crippen LogP) is 1.71. The first-order chi connectivity index (χ1) is 9.45. The number of benzene rings is 3. The normalized spacial score (nSPS) is 9.60. The molecule has 0 aliphatic rings. The number of rotatable bonds is 3. The molecule has 1 heteroatoms. The molecule has 0 fully saturated rings. The van der Waals surface area contributed by atoms with E-state index in [-0.39, 0.29) is 51.4 Å². The summed E-state index contributed by atoms with van der Waals surface area (Å²) in [4.78, 5) is 0. The predicted molar refractivity (Wildman–Crippen MR) is 79.9 cm³/mol. The molecule has 0 bridgehead atoms. The molecule has 0 nitrogen and oxygen atoms in total. The Balaban J connectivity index is 0.00000147. The average molecular weight is 282 g/mol. The molecular weight excluding hydrogens is 267 g/mol. The van der Waals surface area contributed by atoms with Crippen molar-refractivity contribution in [2.24, 2.45) is 0 Å². The first-order valence-electron chi connectivity index (χ1n) is 6.48. The van der Waals surface area contributed by atoms with E-state index in [2.05, 4.69) is 91.0 Å². The van der Waals surface area contributed by atoms with Crippen LogP contribution in [0.15, 0.2) is 91.0 Å². The van der Waals surface area contributed by atoms with E-state index in [1.165, 1.54) is 22.6 Å². The summed E-state index contributed by atoms with van der Waals surface area (Å²) in [5, 5.41) is 0. The summed E-state index contributed by atoms with van der Waals surface area (Å²) >= 11 is 0. The van der Waals surface area contributed by atoms with Gasteiger partial charge in [-0.05, 0) is 0 Å². The number of hydrogen-bond acceptors (Lipinski definition) is 0. The summed E-state index contributed by atoms with van der Waals surface area (Å²) < 4.78 is 0. The Morgan fingerprint density at radius 2 is 0.650 bits per heavy atom. The van der Waals surface area contributed by atoms with Crippen LogP contribution in [0.5, 0.6) is 0 Å². The first-order valence-corrected chi connectivity index (χ1v) is 6.48. The smallest absolute Gasteiger partial charge is 0.0999 e.